The van der Waals surface area contributed by atoms with E-state index in [4.69, 9.17) is 9.56 Å². The molecule has 0 radical (unpaired) electrons. The second kappa shape index (κ2) is 6.76. The lowest BCUT2D eigenvalue weighted by Gasteiger charge is -2.30. The van der Waals surface area contributed by atoms with Crippen LogP contribution in [0.5, 0.6) is 0 Å². The van der Waals surface area contributed by atoms with Crippen molar-refractivity contribution in [2.45, 2.75) is 4.90 Å². The highest BCUT2D eigenvalue weighted by Gasteiger charge is 2.12. The van der Waals surface area contributed by atoms with Gasteiger partial charge in [0.25, 0.3) is 0 Å². The molecule has 1 aromatic heterocycles. The number of piperazine rings is 1. The van der Waals surface area contributed by atoms with Gasteiger partial charge in [-0.3, -0.25) is 5.01 Å². The van der Waals surface area contributed by atoms with Crippen molar-refractivity contribution in [2.75, 3.05) is 33.2 Å². The van der Waals surface area contributed by atoms with Crippen LogP contribution in [0.15, 0.2) is 50.8 Å². The molecule has 1 saturated heterocycles. The van der Waals surface area contributed by atoms with Crippen molar-refractivity contribution in [1.29, 1.82) is 0 Å². The van der Waals surface area contributed by atoms with Crippen LogP contribution in [0, 0.1) is 0 Å². The van der Waals surface area contributed by atoms with Crippen LogP contribution in [0.4, 0.5) is 0 Å². The van der Waals surface area contributed by atoms with Crippen molar-refractivity contribution in [1.82, 2.24) is 9.91 Å². The molecular weight excluding hydrogens is 328 g/mol. The number of hydrogen-bond donors (Lipinski definition) is 1. The van der Waals surface area contributed by atoms with Crippen LogP contribution in [0.25, 0.3) is 11.3 Å². The Kier molecular flexibility index (Phi) is 4.70. The fraction of sp³-hybridized carbons (Fsp3) is 0.312. The van der Waals surface area contributed by atoms with E-state index in [9.17, 15) is 8.42 Å². The first kappa shape index (κ1) is 16.7. The lowest BCUT2D eigenvalue weighted by Crippen LogP contribution is -2.41. The quantitative estimate of drug-likeness (QED) is 0.838. The highest BCUT2D eigenvalue weighted by atomic mass is 32.2. The minimum Gasteiger partial charge on any atom is -0.455 e. The summed E-state index contributed by atoms with van der Waals surface area (Å²) < 4.78 is 28.3. The van der Waals surface area contributed by atoms with Crippen LogP contribution in [0.2, 0.25) is 0 Å². The average Bonchev–Trinajstić information content (AvgIpc) is 3.03. The Morgan fingerprint density at radius 2 is 1.75 bits per heavy atom. The normalized spacial score (nSPS) is 16.8. The van der Waals surface area contributed by atoms with Gasteiger partial charge in [0.05, 0.1) is 11.1 Å². The number of nitrogens with zero attached hydrogens (tertiary/aromatic N) is 3. The van der Waals surface area contributed by atoms with Crippen LogP contribution in [0.3, 0.4) is 0 Å². The van der Waals surface area contributed by atoms with Gasteiger partial charge in [0.2, 0.25) is 10.0 Å². The summed E-state index contributed by atoms with van der Waals surface area (Å²) in [5.74, 6) is 1.30. The van der Waals surface area contributed by atoms with E-state index < -0.39 is 10.0 Å². The molecule has 8 heteroatoms. The number of furan rings is 1. The summed E-state index contributed by atoms with van der Waals surface area (Å²) >= 11 is 0. The van der Waals surface area contributed by atoms with E-state index in [2.05, 4.69) is 17.0 Å². The number of primary sulfonamides is 1. The number of nitrogens with two attached hydrogens (primary N) is 1. The largest absolute Gasteiger partial charge is 0.455 e. The zero-order valence-electron chi connectivity index (χ0n) is 13.4. The molecule has 1 aliphatic heterocycles. The Morgan fingerprint density at radius 1 is 1.08 bits per heavy atom. The number of rotatable bonds is 4. The van der Waals surface area contributed by atoms with Crippen LogP contribution in [-0.4, -0.2) is 57.8 Å². The molecule has 1 aromatic carbocycles. The van der Waals surface area contributed by atoms with Crippen molar-refractivity contribution >= 4 is 16.2 Å². The van der Waals surface area contributed by atoms with Crippen molar-refractivity contribution in [3.05, 3.63) is 42.2 Å². The minimum absolute atomic E-state index is 0.0784. The highest BCUT2D eigenvalue weighted by molar-refractivity contribution is 7.89. The smallest absolute Gasteiger partial charge is 0.238 e. The molecule has 3 rings (SSSR count). The molecule has 7 nitrogen and oxygen atoms in total. The average molecular weight is 348 g/mol. The zero-order valence-corrected chi connectivity index (χ0v) is 14.2. The third-order valence-electron chi connectivity index (χ3n) is 3.92. The molecule has 0 bridgehead atoms. The molecule has 2 N–H and O–H groups in total. The van der Waals surface area contributed by atoms with Crippen LogP contribution in [-0.2, 0) is 10.0 Å². The maximum atomic E-state index is 11.3. The first-order valence-corrected chi connectivity index (χ1v) is 9.17. The topological polar surface area (TPSA) is 92.1 Å². The molecule has 24 heavy (non-hydrogen) atoms. The Labute approximate surface area is 141 Å². The van der Waals surface area contributed by atoms with Gasteiger partial charge in [-0.2, -0.15) is 5.10 Å². The number of likely N-dealkylation sites (N-methyl/N-ethyl adjacent to an activating group) is 1. The molecule has 2 heterocycles. The summed E-state index contributed by atoms with van der Waals surface area (Å²) in [6.07, 6.45) is 1.70. The van der Waals surface area contributed by atoms with Crippen molar-refractivity contribution in [2.24, 2.45) is 10.2 Å². The molecule has 0 aliphatic carbocycles. The van der Waals surface area contributed by atoms with Crippen LogP contribution in [0.1, 0.15) is 5.76 Å². The van der Waals surface area contributed by atoms with E-state index in [1.807, 2.05) is 17.1 Å². The van der Waals surface area contributed by atoms with Gasteiger partial charge < -0.3 is 9.32 Å². The van der Waals surface area contributed by atoms with Gasteiger partial charge in [0, 0.05) is 31.7 Å². The Balaban J connectivity index is 1.69. The number of sulfonamides is 1. The van der Waals surface area contributed by atoms with Gasteiger partial charge in [0.1, 0.15) is 11.5 Å². The lowest BCUT2D eigenvalue weighted by molar-refractivity contribution is 0.159. The Morgan fingerprint density at radius 3 is 2.38 bits per heavy atom. The number of hydrogen-bond acceptors (Lipinski definition) is 6. The minimum atomic E-state index is -3.68. The SMILES string of the molecule is CN1CCN(/N=C\c2ccc(-c3ccc(S(N)(=O)=O)cc3)o2)CC1. The summed E-state index contributed by atoms with van der Waals surface area (Å²) in [6.45, 7) is 3.79. The summed E-state index contributed by atoms with van der Waals surface area (Å²) in [5, 5.41) is 11.5. The molecule has 1 fully saturated rings. The standard InChI is InChI=1S/C16H20N4O3S/c1-19-8-10-20(11-9-19)18-12-14-4-7-16(23-14)13-2-5-15(6-3-13)24(17,21)22/h2-7,12H,8-11H2,1H3,(H2,17,21,22)/b18-12-. The predicted octanol–water partition coefficient (Wildman–Crippen LogP) is 1.18. The highest BCUT2D eigenvalue weighted by Crippen LogP contribution is 2.23. The van der Waals surface area contributed by atoms with Gasteiger partial charge in [-0.15, -0.1) is 0 Å². The maximum absolute atomic E-state index is 11.3. The van der Waals surface area contributed by atoms with E-state index in [0.717, 1.165) is 31.7 Å². The molecule has 2 aromatic rings. The van der Waals surface area contributed by atoms with Crippen LogP contribution < -0.4 is 5.14 Å². The molecule has 1 aliphatic rings. The lowest BCUT2D eigenvalue weighted by atomic mass is 10.2. The van der Waals surface area contributed by atoms with E-state index in [1.165, 1.54) is 12.1 Å². The second-order valence-electron chi connectivity index (χ2n) is 5.77. The molecular formula is C16H20N4O3S. The van der Waals surface area contributed by atoms with E-state index in [1.54, 1.807) is 18.3 Å². The van der Waals surface area contributed by atoms with Gasteiger partial charge in [-0.1, -0.05) is 0 Å². The van der Waals surface area contributed by atoms with Crippen molar-refractivity contribution in [3.63, 3.8) is 0 Å². The maximum Gasteiger partial charge on any atom is 0.238 e. The first-order chi connectivity index (χ1) is 11.4. The third kappa shape index (κ3) is 4.02. The summed E-state index contributed by atoms with van der Waals surface area (Å²) in [6, 6.07) is 9.93. The summed E-state index contributed by atoms with van der Waals surface area (Å²) in [4.78, 5) is 2.34. The fourth-order valence-corrected chi connectivity index (χ4v) is 2.95. The van der Waals surface area contributed by atoms with Gasteiger partial charge in [0.15, 0.2) is 0 Å². The van der Waals surface area contributed by atoms with Crippen molar-refractivity contribution in [3.8, 4) is 11.3 Å². The monoisotopic (exact) mass is 348 g/mol. The van der Waals surface area contributed by atoms with E-state index in [-0.39, 0.29) is 4.90 Å². The molecule has 0 amide bonds. The number of hydrazone groups is 1. The molecule has 0 atom stereocenters. The van der Waals surface area contributed by atoms with Gasteiger partial charge >= 0.3 is 0 Å². The third-order valence-corrected chi connectivity index (χ3v) is 4.85. The molecule has 0 saturated carbocycles. The van der Waals surface area contributed by atoms with E-state index >= 15 is 0 Å². The predicted molar refractivity (Wildman–Crippen MR) is 92.2 cm³/mol. The van der Waals surface area contributed by atoms with Crippen molar-refractivity contribution < 1.29 is 12.8 Å². The first-order valence-electron chi connectivity index (χ1n) is 7.62. The molecule has 0 unspecified atom stereocenters. The fourth-order valence-electron chi connectivity index (χ4n) is 2.44. The zero-order chi connectivity index (χ0) is 17.2. The van der Waals surface area contributed by atoms with Gasteiger partial charge in [-0.25, -0.2) is 13.6 Å². The van der Waals surface area contributed by atoms with Crippen LogP contribution >= 0.6 is 0 Å². The summed E-state index contributed by atoms with van der Waals surface area (Å²) in [7, 11) is -1.58. The molecule has 128 valence electrons. The van der Waals surface area contributed by atoms with E-state index in [0.29, 0.717) is 11.5 Å². The second-order valence-corrected chi connectivity index (χ2v) is 7.33. The number of benzene rings is 1. The van der Waals surface area contributed by atoms with Gasteiger partial charge in [-0.05, 0) is 43.4 Å². The summed E-state index contributed by atoms with van der Waals surface area (Å²) in [5.41, 5.74) is 0.779. The molecule has 0 spiro atoms. The Bertz CT molecular complexity index is 819. The Hall–Kier alpha value is -2.16.